The fourth-order valence-corrected chi connectivity index (χ4v) is 7.00. The second-order valence-corrected chi connectivity index (χ2v) is 10.4. The normalized spacial score (nSPS) is 12.4. The number of nitrogens with zero attached hydrogens (tertiary/aromatic N) is 2. The fourth-order valence-electron chi connectivity index (χ4n) is 4.71. The summed E-state index contributed by atoms with van der Waals surface area (Å²) in [4.78, 5) is 21.3. The molecule has 3 aromatic carbocycles. The van der Waals surface area contributed by atoms with Crippen LogP contribution in [0.5, 0.6) is 5.75 Å². The highest BCUT2D eigenvalue weighted by molar-refractivity contribution is 7.98. The van der Waals surface area contributed by atoms with Gasteiger partial charge in [-0.2, -0.15) is 0 Å². The van der Waals surface area contributed by atoms with Gasteiger partial charge in [0.1, 0.15) is 10.6 Å². The first-order chi connectivity index (χ1) is 17.2. The highest BCUT2D eigenvalue weighted by Gasteiger charge is 2.26. The molecule has 174 valence electrons. The second kappa shape index (κ2) is 9.36. The number of aryl methyl sites for hydroxylation is 2. The number of hydrogen-bond donors (Lipinski definition) is 0. The molecule has 0 N–H and O–H groups in total. The minimum absolute atomic E-state index is 0.0189. The molecule has 0 fully saturated rings. The van der Waals surface area contributed by atoms with Crippen LogP contribution in [0.25, 0.3) is 26.3 Å². The SMILES string of the molecule is CCOc1ccccc1-n1c(SCc2ccccc2)nc2sc3c(c2c1=O)CCc1ccccc1-3. The summed E-state index contributed by atoms with van der Waals surface area (Å²) >= 11 is 3.23. The summed E-state index contributed by atoms with van der Waals surface area (Å²) in [5, 5.41) is 1.43. The fraction of sp³-hybridized carbons (Fsp3) is 0.172. The molecule has 5 aromatic rings. The highest BCUT2D eigenvalue weighted by Crippen LogP contribution is 2.43. The predicted molar refractivity (Wildman–Crippen MR) is 145 cm³/mol. The van der Waals surface area contributed by atoms with E-state index in [0.29, 0.717) is 17.5 Å². The Morgan fingerprint density at radius 1 is 0.971 bits per heavy atom. The molecule has 0 saturated heterocycles. The third-order valence-electron chi connectivity index (χ3n) is 6.32. The third kappa shape index (κ3) is 3.97. The van der Waals surface area contributed by atoms with Crippen molar-refractivity contribution in [3.8, 4) is 21.9 Å². The van der Waals surface area contributed by atoms with E-state index in [4.69, 9.17) is 9.72 Å². The lowest BCUT2D eigenvalue weighted by molar-refractivity contribution is 0.338. The molecular formula is C29H24N2O2S2. The van der Waals surface area contributed by atoms with Gasteiger partial charge in [-0.3, -0.25) is 9.36 Å². The number of ether oxygens (including phenoxy) is 1. The zero-order valence-electron chi connectivity index (χ0n) is 19.4. The number of thioether (sulfide) groups is 1. The smallest absolute Gasteiger partial charge is 0.267 e. The van der Waals surface area contributed by atoms with Crippen LogP contribution in [0.15, 0.2) is 88.8 Å². The number of benzene rings is 3. The van der Waals surface area contributed by atoms with Crippen molar-refractivity contribution in [2.24, 2.45) is 0 Å². The van der Waals surface area contributed by atoms with Crippen molar-refractivity contribution in [3.05, 3.63) is 106 Å². The van der Waals surface area contributed by atoms with Gasteiger partial charge in [0.15, 0.2) is 5.16 Å². The van der Waals surface area contributed by atoms with Crippen LogP contribution in [0.1, 0.15) is 23.6 Å². The van der Waals surface area contributed by atoms with Gasteiger partial charge in [-0.1, -0.05) is 78.5 Å². The summed E-state index contributed by atoms with van der Waals surface area (Å²) in [6.07, 6.45) is 1.79. The molecule has 0 bridgehead atoms. The van der Waals surface area contributed by atoms with Crippen LogP contribution >= 0.6 is 23.1 Å². The van der Waals surface area contributed by atoms with Gasteiger partial charge in [0, 0.05) is 10.6 Å². The summed E-state index contributed by atoms with van der Waals surface area (Å²) < 4.78 is 7.68. The molecule has 0 unspecified atom stereocenters. The minimum atomic E-state index is -0.0189. The maximum Gasteiger partial charge on any atom is 0.267 e. The molecule has 0 radical (unpaired) electrons. The van der Waals surface area contributed by atoms with Gasteiger partial charge in [-0.15, -0.1) is 11.3 Å². The second-order valence-electron chi connectivity index (χ2n) is 8.46. The van der Waals surface area contributed by atoms with Crippen LogP contribution in [0, 0.1) is 0 Å². The molecule has 6 rings (SSSR count). The van der Waals surface area contributed by atoms with Crippen LogP contribution in [0.3, 0.4) is 0 Å². The molecule has 0 atom stereocenters. The standard InChI is InChI=1S/C29H24N2O2S2/c1-2-33-24-15-9-8-14-23(24)31-28(32)25-22-17-16-20-12-6-7-13-21(20)26(22)35-27(25)30-29(31)34-18-19-10-4-3-5-11-19/h3-15H,2,16-18H2,1H3. The number of para-hydroxylation sites is 2. The van der Waals surface area contributed by atoms with Crippen molar-refractivity contribution < 1.29 is 4.74 Å². The Kier molecular flexibility index (Phi) is 5.92. The highest BCUT2D eigenvalue weighted by atomic mass is 32.2. The van der Waals surface area contributed by atoms with Crippen LogP contribution in [-0.2, 0) is 18.6 Å². The summed E-state index contributed by atoms with van der Waals surface area (Å²) in [5.74, 6) is 1.41. The van der Waals surface area contributed by atoms with Crippen molar-refractivity contribution in [3.63, 3.8) is 0 Å². The lowest BCUT2D eigenvalue weighted by Crippen LogP contribution is -2.23. The van der Waals surface area contributed by atoms with E-state index in [-0.39, 0.29) is 5.56 Å². The monoisotopic (exact) mass is 496 g/mol. The predicted octanol–water partition coefficient (Wildman–Crippen LogP) is 6.90. The van der Waals surface area contributed by atoms with E-state index in [2.05, 4.69) is 36.4 Å². The largest absolute Gasteiger partial charge is 0.492 e. The summed E-state index contributed by atoms with van der Waals surface area (Å²) in [5.41, 5.74) is 5.61. The Bertz CT molecular complexity index is 1590. The van der Waals surface area contributed by atoms with E-state index in [1.165, 1.54) is 21.6 Å². The van der Waals surface area contributed by atoms with Crippen molar-refractivity contribution in [1.82, 2.24) is 9.55 Å². The van der Waals surface area contributed by atoms with Crippen LogP contribution in [0.4, 0.5) is 0 Å². The van der Waals surface area contributed by atoms with Crippen LogP contribution < -0.4 is 10.3 Å². The van der Waals surface area contributed by atoms with Gasteiger partial charge in [0.25, 0.3) is 5.56 Å². The lowest BCUT2D eigenvalue weighted by Gasteiger charge is -2.17. The van der Waals surface area contributed by atoms with Gasteiger partial charge in [0.05, 0.1) is 17.7 Å². The molecule has 1 aliphatic carbocycles. The minimum Gasteiger partial charge on any atom is -0.492 e. The Morgan fingerprint density at radius 2 is 1.74 bits per heavy atom. The number of hydrogen-bond acceptors (Lipinski definition) is 5. The number of fused-ring (bicyclic) bond motifs is 5. The van der Waals surface area contributed by atoms with Crippen molar-refractivity contribution in [1.29, 1.82) is 0 Å². The molecule has 35 heavy (non-hydrogen) atoms. The number of aromatic nitrogens is 2. The van der Waals surface area contributed by atoms with Crippen molar-refractivity contribution in [2.75, 3.05) is 6.61 Å². The molecule has 0 spiro atoms. The lowest BCUT2D eigenvalue weighted by atomic mass is 9.90. The molecule has 0 amide bonds. The van der Waals surface area contributed by atoms with Crippen molar-refractivity contribution >= 4 is 33.3 Å². The first-order valence-electron chi connectivity index (χ1n) is 11.8. The molecule has 4 nitrogen and oxygen atoms in total. The summed E-state index contributed by atoms with van der Waals surface area (Å²) in [6, 6.07) is 26.5. The molecule has 2 aromatic heterocycles. The van der Waals surface area contributed by atoms with E-state index in [1.54, 1.807) is 27.7 Å². The molecule has 1 aliphatic rings. The number of thiophene rings is 1. The Balaban J connectivity index is 1.58. The van der Waals surface area contributed by atoms with Gasteiger partial charge < -0.3 is 4.74 Å². The summed E-state index contributed by atoms with van der Waals surface area (Å²) in [7, 11) is 0. The molecule has 6 heteroatoms. The first kappa shape index (κ1) is 22.1. The maximum absolute atomic E-state index is 14.2. The first-order valence-corrected chi connectivity index (χ1v) is 13.6. The van der Waals surface area contributed by atoms with E-state index in [1.807, 2.05) is 49.4 Å². The average molecular weight is 497 g/mol. The number of rotatable bonds is 6. The Hall–Kier alpha value is -3.35. The Morgan fingerprint density at radius 3 is 2.60 bits per heavy atom. The summed E-state index contributed by atoms with van der Waals surface area (Å²) in [6.45, 7) is 2.48. The van der Waals surface area contributed by atoms with E-state index in [9.17, 15) is 4.79 Å². The molecule has 0 aliphatic heterocycles. The molecule has 0 saturated carbocycles. The van der Waals surface area contributed by atoms with Crippen LogP contribution in [0.2, 0.25) is 0 Å². The maximum atomic E-state index is 14.2. The third-order valence-corrected chi connectivity index (χ3v) is 8.49. The van der Waals surface area contributed by atoms with Gasteiger partial charge in [-0.25, -0.2) is 4.98 Å². The Labute approximate surface area is 212 Å². The van der Waals surface area contributed by atoms with Gasteiger partial charge in [-0.05, 0) is 54.2 Å². The van der Waals surface area contributed by atoms with Gasteiger partial charge in [0.2, 0.25) is 0 Å². The van der Waals surface area contributed by atoms with Gasteiger partial charge >= 0.3 is 0 Å². The zero-order chi connectivity index (χ0) is 23.8. The quantitative estimate of drug-likeness (QED) is 0.189. The molecular weight excluding hydrogens is 472 g/mol. The van der Waals surface area contributed by atoms with E-state index in [0.717, 1.165) is 40.1 Å². The van der Waals surface area contributed by atoms with Crippen molar-refractivity contribution in [2.45, 2.75) is 30.7 Å². The van der Waals surface area contributed by atoms with E-state index < -0.39 is 0 Å². The van der Waals surface area contributed by atoms with E-state index >= 15 is 0 Å². The topological polar surface area (TPSA) is 44.1 Å². The average Bonchev–Trinajstić information content (AvgIpc) is 3.28. The zero-order valence-corrected chi connectivity index (χ0v) is 21.0. The van der Waals surface area contributed by atoms with Crippen LogP contribution in [-0.4, -0.2) is 16.2 Å². The molecule has 2 heterocycles.